The van der Waals surface area contributed by atoms with Crippen LogP contribution in [0.25, 0.3) is 11.4 Å². The molecule has 0 radical (unpaired) electrons. The van der Waals surface area contributed by atoms with E-state index in [1.54, 1.807) is 26.4 Å². The largest absolute Gasteiger partial charge is 0.493 e. The van der Waals surface area contributed by atoms with Gasteiger partial charge in [-0.05, 0) is 30.1 Å². The molecular weight excluding hydrogens is 420 g/mol. The van der Waals surface area contributed by atoms with E-state index in [4.69, 9.17) is 9.47 Å². The van der Waals surface area contributed by atoms with E-state index in [1.807, 2.05) is 18.2 Å². The third kappa shape index (κ3) is 6.29. The Morgan fingerprint density at radius 1 is 1.10 bits per heavy atom. The summed E-state index contributed by atoms with van der Waals surface area (Å²) in [6.07, 6.45) is 0. The molecule has 0 bridgehead atoms. The number of ether oxygens (including phenoxy) is 2. The zero-order valence-electron chi connectivity index (χ0n) is 14.8. The van der Waals surface area contributed by atoms with Gasteiger partial charge in [-0.1, -0.05) is 19.6 Å². The first-order valence-electron chi connectivity index (χ1n) is 7.34. The highest BCUT2D eigenvalue weighted by Crippen LogP contribution is 2.33. The second kappa shape index (κ2) is 11.8. The van der Waals surface area contributed by atoms with Crippen molar-refractivity contribution in [1.29, 1.82) is 0 Å². The van der Waals surface area contributed by atoms with E-state index in [2.05, 4.69) is 14.1 Å². The van der Waals surface area contributed by atoms with Gasteiger partial charge in [0.2, 0.25) is 5.13 Å². The molecule has 0 saturated heterocycles. The fraction of sp³-hybridized carbons (Fsp3) is 0.176. The number of hydrogen-bond donors (Lipinski definition) is 1. The molecule has 10 nitrogen and oxygen atoms in total. The fourth-order valence-corrected chi connectivity index (χ4v) is 3.40. The lowest BCUT2D eigenvalue weighted by Crippen LogP contribution is -1.92. The van der Waals surface area contributed by atoms with Crippen molar-refractivity contribution in [2.75, 3.05) is 18.9 Å². The second-order valence-corrected chi connectivity index (χ2v) is 6.58. The normalized spacial score (nSPS) is 9.31. The molecule has 158 valence electrons. The maximum Gasteiger partial charge on any atom is 0.270 e. The van der Waals surface area contributed by atoms with Crippen LogP contribution in [-0.4, -0.2) is 39.5 Å². The average Bonchev–Trinajstić information content (AvgIpc) is 3.15. The highest BCUT2D eigenvalue weighted by Gasteiger charge is 2.12. The highest BCUT2D eigenvalue weighted by atomic mass is 32.2. The molecule has 0 aliphatic carbocycles. The van der Waals surface area contributed by atoms with Crippen LogP contribution in [0.15, 0.2) is 47.4 Å². The zero-order valence-corrected chi connectivity index (χ0v) is 16.5. The number of nitro groups is 1. The lowest BCUT2D eigenvalue weighted by atomic mass is 10.2. The Morgan fingerprint density at radius 2 is 1.83 bits per heavy atom. The molecule has 0 saturated carbocycles. The number of nitrogens with one attached hydrogen (secondary N) is 1. The van der Waals surface area contributed by atoms with Gasteiger partial charge >= 0.3 is 0 Å². The van der Waals surface area contributed by atoms with E-state index in [1.165, 1.54) is 35.6 Å². The number of nitrogens with zero attached hydrogens (tertiary/aromatic N) is 3. The van der Waals surface area contributed by atoms with E-state index in [0.29, 0.717) is 28.0 Å². The highest BCUT2D eigenvalue weighted by molar-refractivity contribution is 8.00. The lowest BCUT2D eigenvalue weighted by Gasteiger charge is -2.09. The van der Waals surface area contributed by atoms with Crippen molar-refractivity contribution in [1.82, 2.24) is 9.36 Å². The molecule has 2 aromatic carbocycles. The Hall–Kier alpha value is -2.93. The van der Waals surface area contributed by atoms with Crippen molar-refractivity contribution in [2.24, 2.45) is 0 Å². The first kappa shape index (κ1) is 26.1. The Morgan fingerprint density at radius 3 is 2.48 bits per heavy atom. The van der Waals surface area contributed by atoms with Gasteiger partial charge in [-0.25, -0.2) is 0 Å². The van der Waals surface area contributed by atoms with E-state index in [9.17, 15) is 10.1 Å². The predicted molar refractivity (Wildman–Crippen MR) is 115 cm³/mol. The van der Waals surface area contributed by atoms with E-state index in [-0.39, 0.29) is 24.1 Å². The molecule has 0 aliphatic rings. The molecule has 1 heterocycles. The maximum absolute atomic E-state index is 10.9. The number of hydrogen-bond acceptors (Lipinski definition) is 9. The Bertz CT molecular complexity index is 938. The molecule has 1 aromatic heterocycles. The molecule has 5 N–H and O–H groups in total. The van der Waals surface area contributed by atoms with E-state index < -0.39 is 4.92 Å². The summed E-state index contributed by atoms with van der Waals surface area (Å²) in [5.41, 5.74) is 0.603. The SMILES string of the molecule is C.COc1ccc(SNc2nc(-c3cccc([N+](=O)[O-])c3)ns2)cc1OC.O.O. The standard InChI is InChI=1S/C16H14N4O4S2.CH4.2H2O/c1-23-13-7-6-12(9-14(13)24-2)25-19-16-17-15(18-26-16)10-4-3-5-11(8-10)20(21)22;;;/h3-9H,1-2H3,(H,17,18,19);1H4;2*1H2. The van der Waals surface area contributed by atoms with Crippen LogP contribution < -0.4 is 14.2 Å². The van der Waals surface area contributed by atoms with Crippen molar-refractivity contribution in [3.05, 3.63) is 52.6 Å². The third-order valence-electron chi connectivity index (χ3n) is 3.35. The summed E-state index contributed by atoms with van der Waals surface area (Å²) in [6.45, 7) is 0. The van der Waals surface area contributed by atoms with E-state index in [0.717, 1.165) is 4.90 Å². The molecule has 3 rings (SSSR count). The van der Waals surface area contributed by atoms with Crippen molar-refractivity contribution in [3.8, 4) is 22.9 Å². The molecule has 0 atom stereocenters. The maximum atomic E-state index is 10.9. The molecule has 0 spiro atoms. The van der Waals surface area contributed by atoms with Gasteiger partial charge in [-0.15, -0.1) is 0 Å². The number of nitro benzene ring substituents is 1. The molecular formula is C17H22N4O6S2. The van der Waals surface area contributed by atoms with Crippen LogP contribution in [0.3, 0.4) is 0 Å². The summed E-state index contributed by atoms with van der Waals surface area (Å²) in [7, 11) is 3.16. The summed E-state index contributed by atoms with van der Waals surface area (Å²) in [5.74, 6) is 1.73. The number of rotatable bonds is 7. The number of anilines is 1. The molecule has 0 amide bonds. The second-order valence-electron chi connectivity index (χ2n) is 4.95. The van der Waals surface area contributed by atoms with Crippen LogP contribution in [0.4, 0.5) is 10.8 Å². The monoisotopic (exact) mass is 442 g/mol. The van der Waals surface area contributed by atoms with Gasteiger partial charge < -0.3 is 25.1 Å². The Balaban J connectivity index is 0.00000261. The molecule has 3 aromatic rings. The van der Waals surface area contributed by atoms with Crippen LogP contribution in [-0.2, 0) is 0 Å². The molecule has 0 fully saturated rings. The van der Waals surface area contributed by atoms with Gasteiger partial charge in [0.25, 0.3) is 5.69 Å². The fourth-order valence-electron chi connectivity index (χ4n) is 2.12. The third-order valence-corrected chi connectivity index (χ3v) is 4.90. The number of methoxy groups -OCH3 is 2. The van der Waals surface area contributed by atoms with Crippen molar-refractivity contribution >= 4 is 34.3 Å². The van der Waals surface area contributed by atoms with Gasteiger partial charge in [0, 0.05) is 34.1 Å². The summed E-state index contributed by atoms with van der Waals surface area (Å²) < 4.78 is 17.8. The first-order valence-corrected chi connectivity index (χ1v) is 8.93. The summed E-state index contributed by atoms with van der Waals surface area (Å²) in [4.78, 5) is 15.7. The minimum atomic E-state index is -0.443. The van der Waals surface area contributed by atoms with Crippen LogP contribution in [0.1, 0.15) is 7.43 Å². The Labute approximate surface area is 176 Å². The van der Waals surface area contributed by atoms with Crippen LogP contribution in [0, 0.1) is 10.1 Å². The molecule has 29 heavy (non-hydrogen) atoms. The average molecular weight is 443 g/mol. The Kier molecular flexibility index (Phi) is 10.6. The zero-order chi connectivity index (χ0) is 18.5. The van der Waals surface area contributed by atoms with E-state index >= 15 is 0 Å². The van der Waals surface area contributed by atoms with Gasteiger partial charge in [0.05, 0.1) is 19.1 Å². The summed E-state index contributed by atoms with van der Waals surface area (Å²) in [5, 5.41) is 11.5. The minimum Gasteiger partial charge on any atom is -0.493 e. The van der Waals surface area contributed by atoms with Gasteiger partial charge in [0.1, 0.15) is 0 Å². The van der Waals surface area contributed by atoms with Crippen LogP contribution in [0.5, 0.6) is 11.5 Å². The molecule has 0 aliphatic heterocycles. The van der Waals surface area contributed by atoms with Gasteiger partial charge in [-0.3, -0.25) is 10.1 Å². The number of aromatic nitrogens is 2. The number of non-ortho nitro benzene ring substituents is 1. The first-order chi connectivity index (χ1) is 12.6. The molecule has 0 unspecified atom stereocenters. The summed E-state index contributed by atoms with van der Waals surface area (Å²) >= 11 is 2.53. The van der Waals surface area contributed by atoms with Crippen LogP contribution >= 0.6 is 23.5 Å². The smallest absolute Gasteiger partial charge is 0.270 e. The van der Waals surface area contributed by atoms with Gasteiger partial charge in [-0.2, -0.15) is 9.36 Å². The van der Waals surface area contributed by atoms with Crippen LogP contribution in [0.2, 0.25) is 0 Å². The topological polar surface area (TPSA) is 162 Å². The van der Waals surface area contributed by atoms with Crippen molar-refractivity contribution in [2.45, 2.75) is 12.3 Å². The number of benzene rings is 2. The molecule has 12 heteroatoms. The quantitative estimate of drug-likeness (QED) is 0.331. The minimum absolute atomic E-state index is 0. The lowest BCUT2D eigenvalue weighted by molar-refractivity contribution is -0.384. The summed E-state index contributed by atoms with van der Waals surface area (Å²) in [6, 6.07) is 11.8. The van der Waals surface area contributed by atoms with Crippen molar-refractivity contribution in [3.63, 3.8) is 0 Å². The van der Waals surface area contributed by atoms with Crippen molar-refractivity contribution < 1.29 is 25.3 Å². The van der Waals surface area contributed by atoms with Gasteiger partial charge in [0.15, 0.2) is 17.3 Å². The predicted octanol–water partition coefficient (Wildman–Crippen LogP) is 3.24.